The molecule has 1 heterocycles. The summed E-state index contributed by atoms with van der Waals surface area (Å²) in [7, 11) is 0. The van der Waals surface area contributed by atoms with Crippen LogP contribution in [0.15, 0.2) is 48.5 Å². The summed E-state index contributed by atoms with van der Waals surface area (Å²) in [6.07, 6.45) is 5.17. The molecule has 2 aromatic rings. The first kappa shape index (κ1) is 14.3. The Balaban J connectivity index is 1.59. The molecule has 0 amide bonds. The molecule has 0 unspecified atom stereocenters. The number of hydrogen-bond acceptors (Lipinski definition) is 1. The van der Waals surface area contributed by atoms with Crippen LogP contribution in [0.25, 0.3) is 0 Å². The van der Waals surface area contributed by atoms with Gasteiger partial charge in [0.05, 0.1) is 0 Å². The van der Waals surface area contributed by atoms with E-state index < -0.39 is 0 Å². The first-order valence-electron chi connectivity index (χ1n) is 8.15. The van der Waals surface area contributed by atoms with Crippen LogP contribution in [0.3, 0.4) is 0 Å². The quantitative estimate of drug-likeness (QED) is 0.792. The molecule has 1 aliphatic heterocycles. The Morgan fingerprint density at radius 1 is 0.714 bits per heavy atom. The highest BCUT2D eigenvalue weighted by atomic mass is 15.1. The van der Waals surface area contributed by atoms with Crippen molar-refractivity contribution in [2.24, 2.45) is 0 Å². The van der Waals surface area contributed by atoms with Crippen molar-refractivity contribution >= 4 is 0 Å². The van der Waals surface area contributed by atoms with Gasteiger partial charge in [0.15, 0.2) is 0 Å². The Morgan fingerprint density at radius 2 is 1.24 bits per heavy atom. The molecule has 0 spiro atoms. The number of benzene rings is 2. The second kappa shape index (κ2) is 6.91. The SMILES string of the molecule is Cc1ccc(Cc2ccc(CN3CCCCC3)cc2)cc1. The first-order valence-corrected chi connectivity index (χ1v) is 8.15. The number of likely N-dealkylation sites (tertiary alicyclic amines) is 1. The lowest BCUT2D eigenvalue weighted by Gasteiger charge is -2.26. The third-order valence-electron chi connectivity index (χ3n) is 4.41. The zero-order chi connectivity index (χ0) is 14.5. The molecule has 110 valence electrons. The molecular formula is C20H25N. The van der Waals surface area contributed by atoms with E-state index in [0.717, 1.165) is 13.0 Å². The molecule has 1 saturated heterocycles. The smallest absolute Gasteiger partial charge is 0.0233 e. The third kappa shape index (κ3) is 4.18. The van der Waals surface area contributed by atoms with Gasteiger partial charge in [-0.25, -0.2) is 0 Å². The van der Waals surface area contributed by atoms with Crippen molar-refractivity contribution in [1.82, 2.24) is 4.90 Å². The van der Waals surface area contributed by atoms with E-state index in [0.29, 0.717) is 0 Å². The molecule has 0 N–H and O–H groups in total. The highest BCUT2D eigenvalue weighted by molar-refractivity contribution is 5.30. The fraction of sp³-hybridized carbons (Fsp3) is 0.400. The van der Waals surface area contributed by atoms with Gasteiger partial charge in [0, 0.05) is 6.54 Å². The fourth-order valence-electron chi connectivity index (χ4n) is 3.08. The van der Waals surface area contributed by atoms with Crippen LogP contribution in [0.4, 0.5) is 0 Å². The molecule has 2 aromatic carbocycles. The molecular weight excluding hydrogens is 254 g/mol. The van der Waals surface area contributed by atoms with Crippen LogP contribution in [-0.2, 0) is 13.0 Å². The summed E-state index contributed by atoms with van der Waals surface area (Å²) >= 11 is 0. The Kier molecular flexibility index (Phi) is 4.72. The summed E-state index contributed by atoms with van der Waals surface area (Å²) in [4.78, 5) is 2.58. The Labute approximate surface area is 128 Å². The number of rotatable bonds is 4. The van der Waals surface area contributed by atoms with E-state index in [2.05, 4.69) is 60.4 Å². The fourth-order valence-corrected chi connectivity index (χ4v) is 3.08. The van der Waals surface area contributed by atoms with Crippen LogP contribution in [-0.4, -0.2) is 18.0 Å². The Hall–Kier alpha value is -1.60. The number of nitrogens with zero attached hydrogens (tertiary/aromatic N) is 1. The van der Waals surface area contributed by atoms with E-state index >= 15 is 0 Å². The number of aryl methyl sites for hydroxylation is 1. The average molecular weight is 279 g/mol. The molecule has 1 nitrogen and oxygen atoms in total. The summed E-state index contributed by atoms with van der Waals surface area (Å²) in [5, 5.41) is 0. The van der Waals surface area contributed by atoms with Crippen LogP contribution in [0.1, 0.15) is 41.5 Å². The Morgan fingerprint density at radius 3 is 1.86 bits per heavy atom. The zero-order valence-corrected chi connectivity index (χ0v) is 13.0. The highest BCUT2D eigenvalue weighted by Gasteiger charge is 2.10. The van der Waals surface area contributed by atoms with E-state index in [4.69, 9.17) is 0 Å². The van der Waals surface area contributed by atoms with E-state index in [9.17, 15) is 0 Å². The van der Waals surface area contributed by atoms with E-state index in [1.807, 2.05) is 0 Å². The van der Waals surface area contributed by atoms with Crippen molar-refractivity contribution in [3.05, 3.63) is 70.8 Å². The minimum absolute atomic E-state index is 1.03. The summed E-state index contributed by atoms with van der Waals surface area (Å²) in [6, 6.07) is 18.0. The molecule has 21 heavy (non-hydrogen) atoms. The van der Waals surface area contributed by atoms with Crippen molar-refractivity contribution in [2.75, 3.05) is 13.1 Å². The molecule has 0 aromatic heterocycles. The maximum atomic E-state index is 2.58. The maximum Gasteiger partial charge on any atom is 0.0233 e. The lowest BCUT2D eigenvalue weighted by molar-refractivity contribution is 0.221. The van der Waals surface area contributed by atoms with Gasteiger partial charge in [-0.1, -0.05) is 60.5 Å². The predicted octanol–water partition coefficient (Wildman–Crippen LogP) is 4.57. The number of hydrogen-bond donors (Lipinski definition) is 0. The van der Waals surface area contributed by atoms with Crippen LogP contribution in [0, 0.1) is 6.92 Å². The second-order valence-electron chi connectivity index (χ2n) is 6.32. The van der Waals surface area contributed by atoms with Crippen LogP contribution >= 0.6 is 0 Å². The maximum absolute atomic E-state index is 2.58. The van der Waals surface area contributed by atoms with E-state index in [1.165, 1.54) is 54.6 Å². The lowest BCUT2D eigenvalue weighted by atomic mass is 10.0. The van der Waals surface area contributed by atoms with Crippen LogP contribution in [0.2, 0.25) is 0 Å². The minimum atomic E-state index is 1.03. The van der Waals surface area contributed by atoms with Crippen LogP contribution < -0.4 is 0 Å². The molecule has 1 fully saturated rings. The van der Waals surface area contributed by atoms with Gasteiger partial charge >= 0.3 is 0 Å². The minimum Gasteiger partial charge on any atom is -0.299 e. The third-order valence-corrected chi connectivity index (χ3v) is 4.41. The van der Waals surface area contributed by atoms with Gasteiger partial charge in [-0.2, -0.15) is 0 Å². The van der Waals surface area contributed by atoms with Gasteiger partial charge in [-0.3, -0.25) is 4.90 Å². The topological polar surface area (TPSA) is 3.24 Å². The molecule has 0 bridgehead atoms. The molecule has 1 aliphatic rings. The summed E-state index contributed by atoms with van der Waals surface area (Å²) < 4.78 is 0. The Bertz CT molecular complexity index is 547. The second-order valence-corrected chi connectivity index (χ2v) is 6.32. The van der Waals surface area contributed by atoms with Gasteiger partial charge in [-0.05, 0) is 56.0 Å². The molecule has 0 atom stereocenters. The molecule has 0 aliphatic carbocycles. The molecule has 1 heteroatoms. The predicted molar refractivity (Wildman–Crippen MR) is 89.6 cm³/mol. The summed E-state index contributed by atoms with van der Waals surface area (Å²) in [6.45, 7) is 5.79. The van der Waals surface area contributed by atoms with Gasteiger partial charge < -0.3 is 0 Å². The van der Waals surface area contributed by atoms with Gasteiger partial charge in [0.25, 0.3) is 0 Å². The number of piperidine rings is 1. The van der Waals surface area contributed by atoms with Crippen molar-refractivity contribution < 1.29 is 0 Å². The largest absolute Gasteiger partial charge is 0.299 e. The van der Waals surface area contributed by atoms with Crippen molar-refractivity contribution in [3.8, 4) is 0 Å². The molecule has 3 rings (SSSR count). The molecule has 0 radical (unpaired) electrons. The monoisotopic (exact) mass is 279 g/mol. The van der Waals surface area contributed by atoms with Crippen molar-refractivity contribution in [3.63, 3.8) is 0 Å². The van der Waals surface area contributed by atoms with E-state index in [-0.39, 0.29) is 0 Å². The zero-order valence-electron chi connectivity index (χ0n) is 13.0. The van der Waals surface area contributed by atoms with Gasteiger partial charge in [0.1, 0.15) is 0 Å². The summed E-state index contributed by atoms with van der Waals surface area (Å²) in [5.41, 5.74) is 5.57. The van der Waals surface area contributed by atoms with Gasteiger partial charge in [-0.15, -0.1) is 0 Å². The van der Waals surface area contributed by atoms with Crippen LogP contribution in [0.5, 0.6) is 0 Å². The van der Waals surface area contributed by atoms with E-state index in [1.54, 1.807) is 0 Å². The first-order chi connectivity index (χ1) is 10.3. The average Bonchev–Trinajstić information content (AvgIpc) is 2.53. The summed E-state index contributed by atoms with van der Waals surface area (Å²) in [5.74, 6) is 0. The van der Waals surface area contributed by atoms with Crippen molar-refractivity contribution in [1.29, 1.82) is 0 Å². The standard InChI is InChI=1S/C20H25N/c1-17-5-7-18(8-6-17)15-19-9-11-20(12-10-19)16-21-13-3-2-4-14-21/h5-12H,2-4,13-16H2,1H3. The highest BCUT2D eigenvalue weighted by Crippen LogP contribution is 2.15. The van der Waals surface area contributed by atoms with Gasteiger partial charge in [0.2, 0.25) is 0 Å². The normalized spacial score (nSPS) is 16.0. The van der Waals surface area contributed by atoms with Crippen molar-refractivity contribution in [2.45, 2.75) is 39.2 Å². The molecule has 0 saturated carbocycles. The lowest BCUT2D eigenvalue weighted by Crippen LogP contribution is -2.29.